The molecule has 2 rings (SSSR count). The van der Waals surface area contributed by atoms with Crippen LogP contribution in [-0.2, 0) is 5.41 Å². The molecule has 0 aromatic carbocycles. The number of carbonyl (C=O) groups is 1. The largest absolute Gasteiger partial charge is 0.477 e. The molecule has 5 heteroatoms. The van der Waals surface area contributed by atoms with Crippen molar-refractivity contribution in [1.82, 2.24) is 9.97 Å². The zero-order chi connectivity index (χ0) is 13.7. The monoisotopic (exact) mass is 264 g/mol. The second-order valence-electron chi connectivity index (χ2n) is 5.42. The maximum atomic E-state index is 11.1. The molecule has 0 fully saturated rings. The predicted octanol–water partition coefficient (Wildman–Crippen LogP) is 3.30. The molecule has 2 aromatic rings. The van der Waals surface area contributed by atoms with Crippen LogP contribution in [0.5, 0.6) is 0 Å². The molecule has 0 bridgehead atoms. The van der Waals surface area contributed by atoms with E-state index in [1.807, 2.05) is 34.6 Å². The van der Waals surface area contributed by atoms with E-state index in [0.717, 1.165) is 27.3 Å². The van der Waals surface area contributed by atoms with E-state index in [4.69, 9.17) is 5.11 Å². The van der Waals surface area contributed by atoms with E-state index in [1.165, 1.54) is 11.3 Å². The van der Waals surface area contributed by atoms with Crippen LogP contribution in [0.15, 0.2) is 0 Å². The van der Waals surface area contributed by atoms with Crippen molar-refractivity contribution in [3.63, 3.8) is 0 Å². The van der Waals surface area contributed by atoms with Gasteiger partial charge in [-0.15, -0.1) is 11.3 Å². The van der Waals surface area contributed by atoms with Crippen LogP contribution >= 0.6 is 11.3 Å². The van der Waals surface area contributed by atoms with E-state index < -0.39 is 5.97 Å². The van der Waals surface area contributed by atoms with Gasteiger partial charge in [0.2, 0.25) is 0 Å². The van der Waals surface area contributed by atoms with E-state index in [0.29, 0.717) is 4.88 Å². The Morgan fingerprint density at radius 2 is 1.83 bits per heavy atom. The Bertz CT molecular complexity index is 638. The minimum absolute atomic E-state index is 0.139. The maximum absolute atomic E-state index is 11.1. The highest BCUT2D eigenvalue weighted by molar-refractivity contribution is 7.20. The molecular formula is C13H16N2O2S. The average Bonchev–Trinajstić information content (AvgIpc) is 2.55. The Hall–Kier alpha value is -1.49. The number of hydrogen-bond acceptors (Lipinski definition) is 4. The number of thiophene rings is 1. The van der Waals surface area contributed by atoms with Gasteiger partial charge in [-0.05, 0) is 19.4 Å². The predicted molar refractivity (Wildman–Crippen MR) is 72.5 cm³/mol. The number of aromatic nitrogens is 2. The summed E-state index contributed by atoms with van der Waals surface area (Å²) in [5, 5.41) is 10.0. The highest BCUT2D eigenvalue weighted by Crippen LogP contribution is 2.32. The van der Waals surface area contributed by atoms with Crippen LogP contribution < -0.4 is 0 Å². The first-order valence-electron chi connectivity index (χ1n) is 5.73. The third kappa shape index (κ3) is 1.99. The maximum Gasteiger partial charge on any atom is 0.346 e. The van der Waals surface area contributed by atoms with E-state index in [1.54, 1.807) is 0 Å². The summed E-state index contributed by atoms with van der Waals surface area (Å²) in [7, 11) is 0. The van der Waals surface area contributed by atoms with Crippen molar-refractivity contribution in [1.29, 1.82) is 0 Å². The van der Waals surface area contributed by atoms with E-state index >= 15 is 0 Å². The lowest BCUT2D eigenvalue weighted by molar-refractivity contribution is 0.0701. The number of carboxylic acid groups (broad SMARTS) is 1. The van der Waals surface area contributed by atoms with Gasteiger partial charge in [0, 0.05) is 10.8 Å². The quantitative estimate of drug-likeness (QED) is 0.858. The Morgan fingerprint density at radius 3 is 2.33 bits per heavy atom. The molecule has 4 nitrogen and oxygen atoms in total. The molecule has 18 heavy (non-hydrogen) atoms. The zero-order valence-electron chi connectivity index (χ0n) is 11.2. The fraction of sp³-hybridized carbons (Fsp3) is 0.462. The number of fused-ring (bicyclic) bond motifs is 1. The number of nitrogens with zero attached hydrogens (tertiary/aromatic N) is 2. The molecule has 0 spiro atoms. The number of aryl methyl sites for hydroxylation is 2. The Labute approximate surface area is 110 Å². The average molecular weight is 264 g/mol. The second-order valence-corrected chi connectivity index (χ2v) is 6.42. The fourth-order valence-corrected chi connectivity index (χ4v) is 2.95. The van der Waals surface area contributed by atoms with Crippen molar-refractivity contribution >= 4 is 27.5 Å². The smallest absolute Gasteiger partial charge is 0.346 e. The van der Waals surface area contributed by atoms with E-state index in [2.05, 4.69) is 9.97 Å². The Balaban J connectivity index is 2.79. The summed E-state index contributed by atoms with van der Waals surface area (Å²) in [5.41, 5.74) is 1.48. The van der Waals surface area contributed by atoms with Crippen LogP contribution in [0.3, 0.4) is 0 Å². The second kappa shape index (κ2) is 4.02. The van der Waals surface area contributed by atoms with Crippen LogP contribution in [0.1, 0.15) is 47.5 Å². The van der Waals surface area contributed by atoms with Gasteiger partial charge in [-0.3, -0.25) is 0 Å². The van der Waals surface area contributed by atoms with Gasteiger partial charge in [0.15, 0.2) is 0 Å². The number of aromatic carboxylic acids is 1. The van der Waals surface area contributed by atoms with Crippen LogP contribution in [0.2, 0.25) is 0 Å². The SMILES string of the molecule is Cc1nc(C(C)(C)C)nc2sc(C(=O)O)c(C)c12. The molecule has 0 saturated carbocycles. The lowest BCUT2D eigenvalue weighted by Crippen LogP contribution is -2.16. The molecular weight excluding hydrogens is 248 g/mol. The molecule has 96 valence electrons. The van der Waals surface area contributed by atoms with Gasteiger partial charge in [0.25, 0.3) is 0 Å². The summed E-state index contributed by atoms with van der Waals surface area (Å²) in [5.74, 6) is -0.141. The standard InChI is InChI=1S/C13H16N2O2S/c1-6-8-7(2)14-12(13(3,4)5)15-10(8)18-9(6)11(16)17/h1-5H3,(H,16,17). The van der Waals surface area contributed by atoms with E-state index in [9.17, 15) is 4.79 Å². The van der Waals surface area contributed by atoms with Crippen LogP contribution in [0.25, 0.3) is 10.2 Å². The minimum atomic E-state index is -0.896. The van der Waals surface area contributed by atoms with Crippen molar-refractivity contribution in [3.8, 4) is 0 Å². The first-order valence-corrected chi connectivity index (χ1v) is 6.55. The molecule has 0 aliphatic rings. The van der Waals surface area contributed by atoms with Crippen LogP contribution in [0.4, 0.5) is 0 Å². The summed E-state index contributed by atoms with van der Waals surface area (Å²) in [6, 6.07) is 0. The summed E-state index contributed by atoms with van der Waals surface area (Å²) < 4.78 is 0. The van der Waals surface area contributed by atoms with Crippen molar-refractivity contribution < 1.29 is 9.90 Å². The van der Waals surface area contributed by atoms with Gasteiger partial charge in [0.1, 0.15) is 15.5 Å². The molecule has 0 aliphatic heterocycles. The number of carboxylic acids is 1. The highest BCUT2D eigenvalue weighted by Gasteiger charge is 2.22. The lowest BCUT2D eigenvalue weighted by atomic mass is 9.95. The molecule has 0 atom stereocenters. The van der Waals surface area contributed by atoms with Crippen LogP contribution in [0, 0.1) is 13.8 Å². The molecule has 2 heterocycles. The van der Waals surface area contributed by atoms with Gasteiger partial charge in [-0.2, -0.15) is 0 Å². The fourth-order valence-electron chi connectivity index (χ4n) is 1.88. The topological polar surface area (TPSA) is 63.1 Å². The first kappa shape index (κ1) is 13.0. The van der Waals surface area contributed by atoms with Gasteiger partial charge < -0.3 is 5.11 Å². The molecule has 0 aliphatic carbocycles. The normalized spacial score (nSPS) is 12.1. The highest BCUT2D eigenvalue weighted by atomic mass is 32.1. The lowest BCUT2D eigenvalue weighted by Gasteiger charge is -2.16. The molecule has 0 amide bonds. The Morgan fingerprint density at radius 1 is 1.22 bits per heavy atom. The minimum Gasteiger partial charge on any atom is -0.477 e. The van der Waals surface area contributed by atoms with E-state index in [-0.39, 0.29) is 5.41 Å². The summed E-state index contributed by atoms with van der Waals surface area (Å²) >= 11 is 1.23. The van der Waals surface area contributed by atoms with Crippen molar-refractivity contribution in [3.05, 3.63) is 22.0 Å². The van der Waals surface area contributed by atoms with Crippen molar-refractivity contribution in [2.45, 2.75) is 40.0 Å². The summed E-state index contributed by atoms with van der Waals surface area (Å²) in [6.45, 7) is 9.87. The third-order valence-electron chi connectivity index (χ3n) is 2.84. The number of hydrogen-bond donors (Lipinski definition) is 1. The summed E-state index contributed by atoms with van der Waals surface area (Å²) in [4.78, 5) is 21.3. The van der Waals surface area contributed by atoms with Gasteiger partial charge in [0.05, 0.1) is 5.69 Å². The molecule has 0 saturated heterocycles. The zero-order valence-corrected chi connectivity index (χ0v) is 12.0. The molecule has 2 aromatic heterocycles. The van der Waals surface area contributed by atoms with Crippen molar-refractivity contribution in [2.75, 3.05) is 0 Å². The van der Waals surface area contributed by atoms with Crippen molar-refractivity contribution in [2.24, 2.45) is 0 Å². The first-order chi connectivity index (χ1) is 8.21. The van der Waals surface area contributed by atoms with Gasteiger partial charge in [-0.1, -0.05) is 20.8 Å². The van der Waals surface area contributed by atoms with Gasteiger partial charge in [-0.25, -0.2) is 14.8 Å². The number of rotatable bonds is 1. The molecule has 0 radical (unpaired) electrons. The third-order valence-corrected chi connectivity index (χ3v) is 4.01. The summed E-state index contributed by atoms with van der Waals surface area (Å²) in [6.07, 6.45) is 0. The van der Waals surface area contributed by atoms with Gasteiger partial charge >= 0.3 is 5.97 Å². The van der Waals surface area contributed by atoms with Crippen LogP contribution in [-0.4, -0.2) is 21.0 Å². The molecule has 0 unspecified atom stereocenters. The molecule has 1 N–H and O–H groups in total. The Kier molecular flexibility index (Phi) is 2.89.